The number of nitrogens with one attached hydrogen (secondary N) is 1. The van der Waals surface area contributed by atoms with Gasteiger partial charge in [0, 0.05) is 31.0 Å². The molecular formula is C24H26N6O2. The van der Waals surface area contributed by atoms with Crippen molar-refractivity contribution in [3.63, 3.8) is 0 Å². The molecule has 2 aliphatic heterocycles. The van der Waals surface area contributed by atoms with Crippen LogP contribution in [0.1, 0.15) is 42.0 Å². The molecule has 0 bridgehead atoms. The maximum absolute atomic E-state index is 12.6. The van der Waals surface area contributed by atoms with E-state index in [0.717, 1.165) is 41.5 Å². The Kier molecular flexibility index (Phi) is 5.34. The predicted octanol–water partition coefficient (Wildman–Crippen LogP) is 3.61. The van der Waals surface area contributed by atoms with Gasteiger partial charge in [-0.3, -0.25) is 4.79 Å². The van der Waals surface area contributed by atoms with Crippen molar-refractivity contribution in [3.05, 3.63) is 65.9 Å². The molecule has 4 heterocycles. The number of nitrogens with zero attached hydrogens (tertiary/aromatic N) is 5. The number of aryl methyl sites for hydroxylation is 1. The number of fused-ring (bicyclic) bond motifs is 1. The molecule has 0 spiro atoms. The summed E-state index contributed by atoms with van der Waals surface area (Å²) < 4.78 is 7.28. The van der Waals surface area contributed by atoms with Crippen molar-refractivity contribution in [2.24, 2.45) is 0 Å². The van der Waals surface area contributed by atoms with Crippen LogP contribution in [0, 0.1) is 6.92 Å². The van der Waals surface area contributed by atoms with Crippen molar-refractivity contribution in [2.75, 3.05) is 29.9 Å². The quantitative estimate of drug-likeness (QED) is 0.602. The molecule has 2 aliphatic rings. The highest BCUT2D eigenvalue weighted by Crippen LogP contribution is 2.40. The van der Waals surface area contributed by atoms with Gasteiger partial charge in [0.15, 0.2) is 11.6 Å². The van der Waals surface area contributed by atoms with Crippen LogP contribution in [0.2, 0.25) is 0 Å². The molecule has 0 radical (unpaired) electrons. The van der Waals surface area contributed by atoms with Crippen LogP contribution in [0.25, 0.3) is 5.82 Å². The van der Waals surface area contributed by atoms with Crippen molar-refractivity contribution < 1.29 is 9.53 Å². The maximum Gasteiger partial charge on any atom is 0.226 e. The van der Waals surface area contributed by atoms with Gasteiger partial charge in [-0.05, 0) is 49.6 Å². The summed E-state index contributed by atoms with van der Waals surface area (Å²) in [7, 11) is 0. The number of aromatic nitrogens is 4. The van der Waals surface area contributed by atoms with Crippen molar-refractivity contribution in [1.29, 1.82) is 0 Å². The van der Waals surface area contributed by atoms with Gasteiger partial charge in [-0.1, -0.05) is 24.8 Å². The molecule has 1 amide bonds. The fourth-order valence-corrected chi connectivity index (χ4v) is 4.50. The van der Waals surface area contributed by atoms with E-state index in [-0.39, 0.29) is 11.8 Å². The molecule has 0 saturated carbocycles. The van der Waals surface area contributed by atoms with Gasteiger partial charge in [-0.2, -0.15) is 9.78 Å². The van der Waals surface area contributed by atoms with E-state index < -0.39 is 0 Å². The number of anilines is 2. The highest BCUT2D eigenvalue weighted by Gasteiger charge is 2.33. The monoisotopic (exact) mass is 430 g/mol. The Morgan fingerprint density at radius 3 is 2.53 bits per heavy atom. The van der Waals surface area contributed by atoms with E-state index in [0.29, 0.717) is 24.7 Å². The van der Waals surface area contributed by atoms with Crippen LogP contribution in [0.4, 0.5) is 11.6 Å². The number of benzene rings is 1. The summed E-state index contributed by atoms with van der Waals surface area (Å²) in [5.41, 5.74) is 2.92. The van der Waals surface area contributed by atoms with Gasteiger partial charge >= 0.3 is 0 Å². The lowest BCUT2D eigenvalue weighted by atomic mass is 9.86. The fourth-order valence-electron chi connectivity index (χ4n) is 4.50. The SMILES string of the molecule is C=CCOc1ccc(C2CC(=O)Nc3c2c(C)nn3-c2ccc(N3CCCC3)nn2)cc1. The van der Waals surface area contributed by atoms with Crippen LogP contribution in [0.3, 0.4) is 0 Å². The van der Waals surface area contributed by atoms with Crippen LogP contribution in [-0.2, 0) is 4.79 Å². The molecule has 164 valence electrons. The van der Waals surface area contributed by atoms with Gasteiger partial charge < -0.3 is 15.0 Å². The third-order valence-corrected chi connectivity index (χ3v) is 6.04. The topological polar surface area (TPSA) is 85.2 Å². The largest absolute Gasteiger partial charge is 0.490 e. The Morgan fingerprint density at radius 2 is 1.84 bits per heavy atom. The van der Waals surface area contributed by atoms with E-state index in [9.17, 15) is 4.79 Å². The van der Waals surface area contributed by atoms with Crippen LogP contribution in [0.15, 0.2) is 49.1 Å². The zero-order chi connectivity index (χ0) is 22.1. The first-order valence-corrected chi connectivity index (χ1v) is 11.0. The first-order valence-electron chi connectivity index (χ1n) is 11.0. The van der Waals surface area contributed by atoms with Crippen molar-refractivity contribution >= 4 is 17.5 Å². The molecule has 2 aromatic heterocycles. The Balaban J connectivity index is 1.47. The standard InChI is InChI=1S/C24H26N6O2/c1-3-14-32-18-8-6-17(7-9-18)19-15-22(31)25-24-23(19)16(2)28-30(24)21-11-10-20(26-27-21)29-12-4-5-13-29/h3,6-11,19H,1,4-5,12-15H2,2H3,(H,25,31). The molecule has 8 heteroatoms. The minimum atomic E-state index is -0.0854. The van der Waals surface area contributed by atoms with E-state index in [1.807, 2.05) is 43.3 Å². The Morgan fingerprint density at radius 1 is 1.12 bits per heavy atom. The highest BCUT2D eigenvalue weighted by molar-refractivity contribution is 5.95. The first-order chi connectivity index (χ1) is 15.6. The van der Waals surface area contributed by atoms with Gasteiger partial charge in [0.05, 0.1) is 5.69 Å². The highest BCUT2D eigenvalue weighted by atomic mass is 16.5. The summed E-state index contributed by atoms with van der Waals surface area (Å²) >= 11 is 0. The molecule has 1 unspecified atom stereocenters. The number of carbonyl (C=O) groups excluding carboxylic acids is 1. The van der Waals surface area contributed by atoms with Crippen LogP contribution < -0.4 is 15.0 Å². The number of hydrogen-bond acceptors (Lipinski definition) is 6. The average molecular weight is 431 g/mol. The fraction of sp³-hybridized carbons (Fsp3) is 0.333. The second kappa shape index (κ2) is 8.45. The molecule has 1 atom stereocenters. The van der Waals surface area contributed by atoms with E-state index in [1.54, 1.807) is 10.8 Å². The number of carbonyl (C=O) groups is 1. The smallest absolute Gasteiger partial charge is 0.226 e. The second-order valence-corrected chi connectivity index (χ2v) is 8.18. The van der Waals surface area contributed by atoms with Gasteiger partial charge in [-0.15, -0.1) is 10.2 Å². The van der Waals surface area contributed by atoms with Crippen molar-refractivity contribution in [1.82, 2.24) is 20.0 Å². The number of hydrogen-bond donors (Lipinski definition) is 1. The predicted molar refractivity (Wildman–Crippen MR) is 123 cm³/mol. The Hall–Kier alpha value is -3.68. The minimum Gasteiger partial charge on any atom is -0.490 e. The summed E-state index contributed by atoms with van der Waals surface area (Å²) in [5.74, 6) is 2.78. The molecule has 8 nitrogen and oxygen atoms in total. The normalized spacial score (nSPS) is 17.7. The molecule has 0 aliphatic carbocycles. The lowest BCUT2D eigenvalue weighted by molar-refractivity contribution is -0.116. The van der Waals surface area contributed by atoms with Crippen molar-refractivity contribution in [3.8, 4) is 11.6 Å². The van der Waals surface area contributed by atoms with E-state index in [4.69, 9.17) is 9.84 Å². The van der Waals surface area contributed by atoms with Gasteiger partial charge in [0.25, 0.3) is 0 Å². The van der Waals surface area contributed by atoms with E-state index in [1.165, 1.54) is 12.8 Å². The molecule has 32 heavy (non-hydrogen) atoms. The molecule has 3 aromatic rings. The van der Waals surface area contributed by atoms with Gasteiger partial charge in [0.1, 0.15) is 18.2 Å². The molecule has 1 N–H and O–H groups in total. The molecule has 1 saturated heterocycles. The summed E-state index contributed by atoms with van der Waals surface area (Å²) in [6.07, 6.45) is 4.45. The van der Waals surface area contributed by atoms with Gasteiger partial charge in [-0.25, -0.2) is 0 Å². The second-order valence-electron chi connectivity index (χ2n) is 8.18. The van der Waals surface area contributed by atoms with Gasteiger partial charge in [0.2, 0.25) is 5.91 Å². The average Bonchev–Trinajstić information content (AvgIpc) is 3.46. The van der Waals surface area contributed by atoms with Crippen LogP contribution in [-0.4, -0.2) is 45.6 Å². The summed E-state index contributed by atoms with van der Waals surface area (Å²) in [5, 5.41) is 16.5. The number of rotatable bonds is 6. The molecule has 1 fully saturated rings. The van der Waals surface area contributed by atoms with Crippen LogP contribution >= 0.6 is 0 Å². The Bertz CT molecular complexity index is 1130. The minimum absolute atomic E-state index is 0.0442. The first kappa shape index (κ1) is 20.2. The third-order valence-electron chi connectivity index (χ3n) is 6.04. The zero-order valence-corrected chi connectivity index (χ0v) is 18.1. The molecule has 1 aromatic carbocycles. The zero-order valence-electron chi connectivity index (χ0n) is 18.1. The summed E-state index contributed by atoms with van der Waals surface area (Å²) in [6.45, 7) is 8.12. The summed E-state index contributed by atoms with van der Waals surface area (Å²) in [4.78, 5) is 14.8. The third kappa shape index (κ3) is 3.72. The van der Waals surface area contributed by atoms with E-state index >= 15 is 0 Å². The van der Waals surface area contributed by atoms with E-state index in [2.05, 4.69) is 27.0 Å². The number of amides is 1. The lowest BCUT2D eigenvalue weighted by Gasteiger charge is -2.24. The summed E-state index contributed by atoms with van der Waals surface area (Å²) in [6, 6.07) is 11.7. The molecular weight excluding hydrogens is 404 g/mol. The molecule has 5 rings (SSSR count). The maximum atomic E-state index is 12.6. The lowest BCUT2D eigenvalue weighted by Crippen LogP contribution is -2.25. The Labute approximate surface area is 186 Å². The van der Waals surface area contributed by atoms with Crippen LogP contribution in [0.5, 0.6) is 5.75 Å². The number of ether oxygens (including phenoxy) is 1. The van der Waals surface area contributed by atoms with Crippen molar-refractivity contribution in [2.45, 2.75) is 32.1 Å².